The number of furan rings is 1. The Bertz CT molecular complexity index is 916. The molecule has 0 aliphatic heterocycles. The molecule has 3 aromatic rings. The molecule has 24 heavy (non-hydrogen) atoms. The number of aryl methyl sites for hydroxylation is 3. The number of benzene rings is 1. The Kier molecular flexibility index (Phi) is 6.86. The second-order valence-electron chi connectivity index (χ2n) is 5.62. The second-order valence-corrected chi connectivity index (χ2v) is 5.62. The molecule has 3 rings (SSSR count). The highest BCUT2D eigenvalue weighted by atomic mass is 35.5. The van der Waals surface area contributed by atoms with Crippen molar-refractivity contribution in [2.24, 2.45) is 5.73 Å². The average Bonchev–Trinajstić information content (AvgIpc) is 2.78. The van der Waals surface area contributed by atoms with Crippen LogP contribution in [0.15, 0.2) is 25.8 Å². The lowest BCUT2D eigenvalue weighted by atomic mass is 10.0. The third-order valence-electron chi connectivity index (χ3n) is 4.08. The predicted molar refractivity (Wildman–Crippen MR) is 102 cm³/mol. The fraction of sp³-hybridized carbons (Fsp3) is 0.353. The Morgan fingerprint density at radius 1 is 1.00 bits per heavy atom. The first-order chi connectivity index (χ1) is 10.5. The second kappa shape index (κ2) is 8.03. The molecule has 5 nitrogen and oxygen atoms in total. The minimum absolute atomic E-state index is 0. The zero-order valence-corrected chi connectivity index (χ0v) is 15.5. The van der Waals surface area contributed by atoms with Crippen molar-refractivity contribution in [2.75, 3.05) is 13.1 Å². The van der Waals surface area contributed by atoms with Gasteiger partial charge in [-0.2, -0.15) is 0 Å². The molecule has 0 atom stereocenters. The van der Waals surface area contributed by atoms with Gasteiger partial charge in [0, 0.05) is 35.5 Å². The summed E-state index contributed by atoms with van der Waals surface area (Å²) in [6.07, 6.45) is 0. The van der Waals surface area contributed by atoms with Crippen LogP contribution in [0.4, 0.5) is 0 Å². The van der Waals surface area contributed by atoms with Gasteiger partial charge in [0.1, 0.15) is 16.9 Å². The third kappa shape index (κ3) is 3.44. The molecule has 2 aromatic heterocycles. The quantitative estimate of drug-likeness (QED) is 0.541. The van der Waals surface area contributed by atoms with Crippen molar-refractivity contribution in [3.63, 3.8) is 0 Å². The summed E-state index contributed by atoms with van der Waals surface area (Å²) >= 11 is 0. The number of halogens is 2. The van der Waals surface area contributed by atoms with E-state index in [2.05, 4.69) is 5.32 Å². The molecule has 1 aromatic carbocycles. The van der Waals surface area contributed by atoms with E-state index >= 15 is 0 Å². The molecule has 132 valence electrons. The Morgan fingerprint density at radius 2 is 1.67 bits per heavy atom. The molecule has 0 unspecified atom stereocenters. The summed E-state index contributed by atoms with van der Waals surface area (Å²) < 4.78 is 11.4. The van der Waals surface area contributed by atoms with E-state index in [-0.39, 0.29) is 30.4 Å². The van der Waals surface area contributed by atoms with Gasteiger partial charge in [-0.1, -0.05) is 0 Å². The van der Waals surface area contributed by atoms with Crippen molar-refractivity contribution < 1.29 is 8.83 Å². The van der Waals surface area contributed by atoms with Crippen LogP contribution in [0.3, 0.4) is 0 Å². The summed E-state index contributed by atoms with van der Waals surface area (Å²) in [6, 6.07) is 3.56. The number of rotatable bonds is 4. The molecular weight excluding hydrogens is 351 g/mol. The first-order valence-corrected chi connectivity index (χ1v) is 7.39. The summed E-state index contributed by atoms with van der Waals surface area (Å²) in [5.41, 5.74) is 9.43. The molecule has 0 bridgehead atoms. The van der Waals surface area contributed by atoms with Crippen LogP contribution < -0.4 is 16.7 Å². The minimum Gasteiger partial charge on any atom is -0.459 e. The lowest BCUT2D eigenvalue weighted by Gasteiger charge is -2.04. The molecule has 0 aliphatic carbocycles. The maximum absolute atomic E-state index is 11.6. The zero-order chi connectivity index (χ0) is 15.9. The molecule has 0 saturated carbocycles. The summed E-state index contributed by atoms with van der Waals surface area (Å²) in [6.45, 7) is 7.86. The van der Waals surface area contributed by atoms with Gasteiger partial charge in [0.05, 0.1) is 6.54 Å². The van der Waals surface area contributed by atoms with Crippen molar-refractivity contribution in [2.45, 2.75) is 27.3 Å². The standard InChI is InChI=1S/C17H20N2O3.2ClH/c1-9-6-15(20)22-16-11(3)17-13(7-12(9)16)10(2)14(21-17)8-19-5-4-18;;/h6-7,19H,4-5,8,18H2,1-3H3;2*1H. The van der Waals surface area contributed by atoms with E-state index in [1.165, 1.54) is 6.07 Å². The van der Waals surface area contributed by atoms with Gasteiger partial charge in [0.25, 0.3) is 0 Å². The fourth-order valence-electron chi connectivity index (χ4n) is 2.82. The molecule has 0 saturated heterocycles. The molecule has 0 fully saturated rings. The number of nitrogens with one attached hydrogen (secondary N) is 1. The monoisotopic (exact) mass is 372 g/mol. The fourth-order valence-corrected chi connectivity index (χ4v) is 2.82. The number of hydrogen-bond donors (Lipinski definition) is 2. The lowest BCUT2D eigenvalue weighted by Crippen LogP contribution is -2.21. The molecular formula is C17H22Cl2N2O3. The zero-order valence-electron chi connectivity index (χ0n) is 13.9. The predicted octanol–water partition coefficient (Wildman–Crippen LogP) is 3.36. The van der Waals surface area contributed by atoms with Crippen molar-refractivity contribution >= 4 is 46.8 Å². The van der Waals surface area contributed by atoms with E-state index < -0.39 is 0 Å². The molecule has 0 spiro atoms. The van der Waals surface area contributed by atoms with Crippen LogP contribution in [-0.4, -0.2) is 13.1 Å². The summed E-state index contributed by atoms with van der Waals surface area (Å²) in [5.74, 6) is 0.891. The molecule has 3 N–H and O–H groups in total. The Morgan fingerprint density at radius 3 is 2.33 bits per heavy atom. The third-order valence-corrected chi connectivity index (χ3v) is 4.08. The SMILES string of the molecule is Cc1cc(=O)oc2c(C)c3oc(CNCCN)c(C)c3cc12.Cl.Cl. The summed E-state index contributed by atoms with van der Waals surface area (Å²) in [7, 11) is 0. The first kappa shape index (κ1) is 20.5. The van der Waals surface area contributed by atoms with Crippen LogP contribution in [0.1, 0.15) is 22.5 Å². The van der Waals surface area contributed by atoms with E-state index in [0.29, 0.717) is 18.7 Å². The summed E-state index contributed by atoms with van der Waals surface area (Å²) in [4.78, 5) is 11.6. The molecule has 0 aliphatic rings. The van der Waals surface area contributed by atoms with Gasteiger partial charge in [0.2, 0.25) is 0 Å². The maximum Gasteiger partial charge on any atom is 0.336 e. The first-order valence-electron chi connectivity index (χ1n) is 7.39. The highest BCUT2D eigenvalue weighted by Crippen LogP contribution is 2.33. The van der Waals surface area contributed by atoms with Crippen molar-refractivity contribution in [1.82, 2.24) is 5.32 Å². The van der Waals surface area contributed by atoms with Crippen molar-refractivity contribution in [3.05, 3.63) is 45.0 Å². The average molecular weight is 373 g/mol. The van der Waals surface area contributed by atoms with Gasteiger partial charge in [-0.25, -0.2) is 4.79 Å². The molecule has 0 amide bonds. The van der Waals surface area contributed by atoms with Gasteiger partial charge >= 0.3 is 5.63 Å². The smallest absolute Gasteiger partial charge is 0.336 e. The number of hydrogen-bond acceptors (Lipinski definition) is 5. The van der Waals surface area contributed by atoms with Gasteiger partial charge in [-0.3, -0.25) is 0 Å². The molecule has 0 radical (unpaired) electrons. The van der Waals surface area contributed by atoms with Crippen LogP contribution in [0.25, 0.3) is 21.9 Å². The van der Waals surface area contributed by atoms with E-state index in [9.17, 15) is 4.79 Å². The van der Waals surface area contributed by atoms with Crippen LogP contribution in [0, 0.1) is 20.8 Å². The van der Waals surface area contributed by atoms with Gasteiger partial charge < -0.3 is 19.9 Å². The normalized spacial score (nSPS) is 10.7. The maximum atomic E-state index is 11.6. The van der Waals surface area contributed by atoms with Gasteiger partial charge in [-0.05, 0) is 38.0 Å². The van der Waals surface area contributed by atoms with Crippen LogP contribution >= 0.6 is 24.8 Å². The number of nitrogens with two attached hydrogens (primary N) is 1. The summed E-state index contributed by atoms with van der Waals surface area (Å²) in [5, 5.41) is 5.26. The highest BCUT2D eigenvalue weighted by molar-refractivity contribution is 5.99. The van der Waals surface area contributed by atoms with E-state index in [0.717, 1.165) is 45.4 Å². The minimum atomic E-state index is -0.333. The van der Waals surface area contributed by atoms with Gasteiger partial charge in [0.15, 0.2) is 0 Å². The Hall–Kier alpha value is -1.53. The van der Waals surface area contributed by atoms with Gasteiger partial charge in [-0.15, -0.1) is 24.8 Å². The van der Waals surface area contributed by atoms with Crippen molar-refractivity contribution in [1.29, 1.82) is 0 Å². The van der Waals surface area contributed by atoms with Crippen LogP contribution in [0.2, 0.25) is 0 Å². The highest BCUT2D eigenvalue weighted by Gasteiger charge is 2.17. The molecule has 2 heterocycles. The Balaban J connectivity index is 0.00000144. The molecule has 7 heteroatoms. The van der Waals surface area contributed by atoms with Crippen LogP contribution in [-0.2, 0) is 6.54 Å². The number of fused-ring (bicyclic) bond motifs is 2. The Labute approximate surface area is 152 Å². The van der Waals surface area contributed by atoms with E-state index in [4.69, 9.17) is 14.6 Å². The lowest BCUT2D eigenvalue weighted by molar-refractivity contribution is 0.510. The topological polar surface area (TPSA) is 81.4 Å². The largest absolute Gasteiger partial charge is 0.459 e. The van der Waals surface area contributed by atoms with E-state index in [1.807, 2.05) is 26.8 Å². The van der Waals surface area contributed by atoms with E-state index in [1.54, 1.807) is 0 Å². The van der Waals surface area contributed by atoms with Crippen molar-refractivity contribution in [3.8, 4) is 0 Å². The van der Waals surface area contributed by atoms with Crippen LogP contribution in [0.5, 0.6) is 0 Å².